The van der Waals surface area contributed by atoms with Crippen LogP contribution in [0.4, 0.5) is 10.8 Å². The van der Waals surface area contributed by atoms with Crippen molar-refractivity contribution in [1.82, 2.24) is 10.3 Å². The van der Waals surface area contributed by atoms with Gasteiger partial charge in [-0.1, -0.05) is 12.1 Å². The van der Waals surface area contributed by atoms with Crippen LogP contribution in [0.3, 0.4) is 0 Å². The van der Waals surface area contributed by atoms with Crippen molar-refractivity contribution >= 4 is 57.3 Å². The van der Waals surface area contributed by atoms with Gasteiger partial charge < -0.3 is 16.0 Å². The van der Waals surface area contributed by atoms with Crippen LogP contribution in [-0.4, -0.2) is 28.7 Å². The van der Waals surface area contributed by atoms with Gasteiger partial charge in [0.05, 0.1) is 22.5 Å². The molecule has 0 saturated heterocycles. The Bertz CT molecular complexity index is 717. The Labute approximate surface area is 154 Å². The maximum atomic E-state index is 11.0. The van der Waals surface area contributed by atoms with Crippen molar-refractivity contribution < 1.29 is 4.79 Å². The van der Waals surface area contributed by atoms with E-state index in [0.717, 1.165) is 21.4 Å². The lowest BCUT2D eigenvalue weighted by atomic mass is 10.2. The Balaban J connectivity index is 2.09. The second kappa shape index (κ2) is 9.10. The maximum Gasteiger partial charge on any atom is 0.217 e. The third kappa shape index (κ3) is 5.25. The molecular formula is C16H20N4OS3. The monoisotopic (exact) mass is 380 g/mol. The van der Waals surface area contributed by atoms with Crippen LogP contribution in [0.5, 0.6) is 0 Å². The van der Waals surface area contributed by atoms with E-state index in [1.165, 1.54) is 30.0 Å². The SMILES string of the molecule is CSc1ccccc1Nc1nc(C(SCNC(C)=O)C(C)=N)cs1. The number of rotatable bonds is 8. The Morgan fingerprint density at radius 2 is 2.12 bits per heavy atom. The highest BCUT2D eigenvalue weighted by Crippen LogP contribution is 2.34. The smallest absolute Gasteiger partial charge is 0.217 e. The topological polar surface area (TPSA) is 77.9 Å². The summed E-state index contributed by atoms with van der Waals surface area (Å²) in [4.78, 5) is 16.8. The summed E-state index contributed by atoms with van der Waals surface area (Å²) in [5.41, 5.74) is 2.39. The first-order chi connectivity index (χ1) is 11.5. The first kappa shape index (κ1) is 18.8. The third-order valence-corrected chi connectivity index (χ3v) is 5.91. The molecule has 0 bridgehead atoms. The van der Waals surface area contributed by atoms with Gasteiger partial charge in [0.15, 0.2) is 5.13 Å². The largest absolute Gasteiger partial charge is 0.347 e. The van der Waals surface area contributed by atoms with E-state index in [9.17, 15) is 4.79 Å². The molecule has 0 saturated carbocycles. The third-order valence-electron chi connectivity index (χ3n) is 3.10. The first-order valence-corrected chi connectivity index (χ1v) is 10.4. The molecule has 0 spiro atoms. The van der Waals surface area contributed by atoms with Crippen LogP contribution < -0.4 is 10.6 Å². The van der Waals surface area contributed by atoms with Crippen molar-refractivity contribution in [3.8, 4) is 0 Å². The zero-order valence-corrected chi connectivity index (χ0v) is 16.2. The first-order valence-electron chi connectivity index (χ1n) is 7.27. The number of thioether (sulfide) groups is 2. The van der Waals surface area contributed by atoms with Crippen molar-refractivity contribution in [2.75, 3.05) is 17.4 Å². The summed E-state index contributed by atoms with van der Waals surface area (Å²) < 4.78 is 0. The van der Waals surface area contributed by atoms with Gasteiger partial charge in [0.2, 0.25) is 5.91 Å². The molecule has 2 aromatic rings. The molecule has 5 nitrogen and oxygen atoms in total. The molecule has 128 valence electrons. The minimum Gasteiger partial charge on any atom is -0.347 e. The molecule has 1 unspecified atom stereocenters. The van der Waals surface area contributed by atoms with Gasteiger partial charge in [-0.3, -0.25) is 4.79 Å². The second-order valence-electron chi connectivity index (χ2n) is 5.01. The minimum atomic E-state index is -0.153. The fourth-order valence-electron chi connectivity index (χ4n) is 1.99. The number of aromatic nitrogens is 1. The molecule has 2 rings (SSSR count). The van der Waals surface area contributed by atoms with Crippen LogP contribution in [0.25, 0.3) is 0 Å². The molecule has 1 atom stereocenters. The van der Waals surface area contributed by atoms with E-state index in [1.807, 2.05) is 29.8 Å². The number of hydrogen-bond donors (Lipinski definition) is 3. The Kier molecular flexibility index (Phi) is 7.14. The van der Waals surface area contributed by atoms with Crippen LogP contribution in [0, 0.1) is 5.41 Å². The van der Waals surface area contributed by atoms with Crippen molar-refractivity contribution in [1.29, 1.82) is 5.41 Å². The molecule has 1 aromatic carbocycles. The fourth-order valence-corrected chi connectivity index (χ4v) is 4.37. The molecular weight excluding hydrogens is 360 g/mol. The highest BCUT2D eigenvalue weighted by Gasteiger charge is 2.18. The van der Waals surface area contributed by atoms with E-state index in [2.05, 4.69) is 21.7 Å². The van der Waals surface area contributed by atoms with Gasteiger partial charge in [0.1, 0.15) is 0 Å². The highest BCUT2D eigenvalue weighted by molar-refractivity contribution is 8.00. The Morgan fingerprint density at radius 3 is 2.79 bits per heavy atom. The summed E-state index contributed by atoms with van der Waals surface area (Å²) >= 11 is 4.70. The number of carbonyl (C=O) groups is 1. The van der Waals surface area contributed by atoms with Crippen LogP contribution >= 0.6 is 34.9 Å². The second-order valence-corrected chi connectivity index (χ2v) is 7.81. The zero-order valence-electron chi connectivity index (χ0n) is 13.8. The van der Waals surface area contributed by atoms with Crippen LogP contribution in [0.15, 0.2) is 34.5 Å². The average Bonchev–Trinajstić information content (AvgIpc) is 2.99. The number of anilines is 2. The number of hydrogen-bond acceptors (Lipinski definition) is 7. The quantitative estimate of drug-likeness (QED) is 0.357. The number of nitrogens with zero attached hydrogens (tertiary/aromatic N) is 1. The summed E-state index contributed by atoms with van der Waals surface area (Å²) in [7, 11) is 0. The molecule has 1 heterocycles. The lowest BCUT2D eigenvalue weighted by Crippen LogP contribution is -2.20. The summed E-state index contributed by atoms with van der Waals surface area (Å²) in [5, 5.41) is 16.7. The van der Waals surface area contributed by atoms with Crippen LogP contribution in [-0.2, 0) is 4.79 Å². The lowest BCUT2D eigenvalue weighted by molar-refractivity contribution is -0.118. The van der Waals surface area contributed by atoms with E-state index in [0.29, 0.717) is 11.6 Å². The number of amides is 1. The molecule has 24 heavy (non-hydrogen) atoms. The number of nitrogens with one attached hydrogen (secondary N) is 3. The number of benzene rings is 1. The van der Waals surface area contributed by atoms with Gasteiger partial charge in [0, 0.05) is 22.9 Å². The predicted molar refractivity (Wildman–Crippen MR) is 106 cm³/mol. The maximum absolute atomic E-state index is 11.0. The van der Waals surface area contributed by atoms with Gasteiger partial charge in [-0.15, -0.1) is 34.9 Å². The van der Waals surface area contributed by atoms with Gasteiger partial charge in [0.25, 0.3) is 0 Å². The van der Waals surface area contributed by atoms with E-state index in [4.69, 9.17) is 5.41 Å². The molecule has 0 aliphatic rings. The lowest BCUT2D eigenvalue weighted by Gasteiger charge is -2.13. The summed E-state index contributed by atoms with van der Waals surface area (Å²) in [6.07, 6.45) is 2.04. The normalized spacial score (nSPS) is 11.8. The van der Waals surface area contributed by atoms with Crippen molar-refractivity contribution in [3.63, 3.8) is 0 Å². The fraction of sp³-hybridized carbons (Fsp3) is 0.312. The van der Waals surface area contributed by atoms with Gasteiger partial charge in [-0.05, 0) is 25.3 Å². The summed E-state index contributed by atoms with van der Waals surface area (Å²) in [5.74, 6) is 0.393. The molecule has 0 aliphatic heterocycles. The number of thiazole rings is 1. The molecule has 3 N–H and O–H groups in total. The van der Waals surface area contributed by atoms with Gasteiger partial charge in [-0.2, -0.15) is 0 Å². The average molecular weight is 381 g/mol. The molecule has 1 aromatic heterocycles. The van der Waals surface area contributed by atoms with Gasteiger partial charge in [-0.25, -0.2) is 4.98 Å². The molecule has 0 aliphatic carbocycles. The zero-order chi connectivity index (χ0) is 17.5. The van der Waals surface area contributed by atoms with E-state index in [-0.39, 0.29) is 11.2 Å². The van der Waals surface area contributed by atoms with Crippen LogP contribution in [0.2, 0.25) is 0 Å². The number of carbonyl (C=O) groups excluding carboxylic acids is 1. The van der Waals surface area contributed by atoms with E-state index >= 15 is 0 Å². The van der Waals surface area contributed by atoms with Crippen molar-refractivity contribution in [3.05, 3.63) is 35.3 Å². The van der Waals surface area contributed by atoms with E-state index in [1.54, 1.807) is 18.7 Å². The molecule has 0 radical (unpaired) electrons. The minimum absolute atomic E-state index is 0.0711. The predicted octanol–water partition coefficient (Wildman–Crippen LogP) is 4.52. The standard InChI is InChI=1S/C16H20N4OS3/c1-10(17)15(24-9-18-11(2)21)13-8-23-16(20-13)19-12-6-4-5-7-14(12)22-3/h4-8,15,17H,9H2,1-3H3,(H,18,21)(H,19,20). The van der Waals surface area contributed by atoms with Crippen molar-refractivity contribution in [2.24, 2.45) is 0 Å². The van der Waals surface area contributed by atoms with Crippen molar-refractivity contribution in [2.45, 2.75) is 24.0 Å². The van der Waals surface area contributed by atoms with Crippen LogP contribution in [0.1, 0.15) is 24.8 Å². The van der Waals surface area contributed by atoms with E-state index < -0.39 is 0 Å². The molecule has 8 heteroatoms. The molecule has 0 fully saturated rings. The highest BCUT2D eigenvalue weighted by atomic mass is 32.2. The van der Waals surface area contributed by atoms with Gasteiger partial charge >= 0.3 is 0 Å². The Morgan fingerprint density at radius 1 is 1.38 bits per heavy atom. The summed E-state index contributed by atoms with van der Waals surface area (Å²) in [6, 6.07) is 8.09. The Hall–Kier alpha value is -1.51. The molecule has 1 amide bonds. The summed E-state index contributed by atoms with van der Waals surface area (Å²) in [6.45, 7) is 3.25. The number of para-hydroxylation sites is 1.